The monoisotopic (exact) mass is 448 g/mol. The number of rotatable bonds is 4. The number of anilines is 1. The highest BCUT2D eigenvalue weighted by Crippen LogP contribution is 2.29. The highest BCUT2D eigenvalue weighted by Gasteiger charge is 2.36. The Morgan fingerprint density at radius 2 is 2.12 bits per heavy atom. The highest BCUT2D eigenvalue weighted by molar-refractivity contribution is 7.81. The Balaban J connectivity index is 1.34. The number of aromatic nitrogens is 4. The van der Waals surface area contributed by atoms with Gasteiger partial charge in [0.05, 0.1) is 19.2 Å². The first-order valence-corrected chi connectivity index (χ1v) is 10.5. The van der Waals surface area contributed by atoms with Gasteiger partial charge in [0, 0.05) is 30.5 Å². The third kappa shape index (κ3) is 3.58. The average Bonchev–Trinajstić information content (AvgIpc) is 3.41. The number of fused-ring (bicyclic) bond motifs is 1. The number of benzene rings is 1. The van der Waals surface area contributed by atoms with Gasteiger partial charge in [-0.1, -0.05) is 35.6 Å². The standard InChI is InChI=1S/C22H20N6O3S/c1-13-6-7-14(19-25-20(31-26-19)15-11-27(12-15)22(29)30-2)9-16(13)24-21(32)17-10-23-18-5-3-4-8-28(17)18/h3-10,15H,11-12H2,1-2H3,(H,24,32). The maximum atomic E-state index is 11.5. The molecular formula is C22H20N6O3S. The summed E-state index contributed by atoms with van der Waals surface area (Å²) in [7, 11) is 1.37. The molecule has 4 aromatic rings. The molecule has 1 aromatic carbocycles. The van der Waals surface area contributed by atoms with Gasteiger partial charge in [0.15, 0.2) is 0 Å². The smallest absolute Gasteiger partial charge is 0.409 e. The van der Waals surface area contributed by atoms with Crippen LogP contribution in [0.25, 0.3) is 17.0 Å². The lowest BCUT2D eigenvalue weighted by atomic mass is 10.0. The van der Waals surface area contributed by atoms with E-state index in [1.807, 2.05) is 53.9 Å². The van der Waals surface area contributed by atoms with Crippen molar-refractivity contribution in [2.45, 2.75) is 12.8 Å². The second-order valence-electron chi connectivity index (χ2n) is 7.58. The number of carbonyl (C=O) groups is 1. The topological polar surface area (TPSA) is 97.8 Å². The van der Waals surface area contributed by atoms with Gasteiger partial charge >= 0.3 is 6.09 Å². The molecule has 1 aliphatic heterocycles. The van der Waals surface area contributed by atoms with Crippen LogP contribution in [0.1, 0.15) is 23.1 Å². The van der Waals surface area contributed by atoms with Crippen LogP contribution in [-0.4, -0.2) is 55.7 Å². The molecule has 5 rings (SSSR count). The van der Waals surface area contributed by atoms with Crippen LogP contribution in [0.2, 0.25) is 0 Å². The van der Waals surface area contributed by atoms with Gasteiger partial charge in [0.2, 0.25) is 11.7 Å². The van der Waals surface area contributed by atoms with Crippen LogP contribution in [0.5, 0.6) is 0 Å². The number of nitrogens with zero attached hydrogens (tertiary/aromatic N) is 5. The zero-order valence-electron chi connectivity index (χ0n) is 17.5. The van der Waals surface area contributed by atoms with Crippen molar-refractivity contribution in [1.82, 2.24) is 24.4 Å². The summed E-state index contributed by atoms with van der Waals surface area (Å²) in [6, 6.07) is 11.7. The lowest BCUT2D eigenvalue weighted by Crippen LogP contribution is -2.48. The molecule has 0 spiro atoms. The number of aryl methyl sites for hydroxylation is 1. The van der Waals surface area contributed by atoms with E-state index in [1.54, 1.807) is 11.1 Å². The number of thiocarbonyl (C=S) groups is 1. The summed E-state index contributed by atoms with van der Waals surface area (Å²) in [5.41, 5.74) is 4.32. The van der Waals surface area contributed by atoms with E-state index >= 15 is 0 Å². The van der Waals surface area contributed by atoms with Crippen molar-refractivity contribution in [2.75, 3.05) is 25.5 Å². The highest BCUT2D eigenvalue weighted by atomic mass is 32.1. The van der Waals surface area contributed by atoms with Gasteiger partial charge in [-0.2, -0.15) is 4.98 Å². The van der Waals surface area contributed by atoms with Crippen molar-refractivity contribution >= 4 is 34.6 Å². The Labute approximate surface area is 189 Å². The Hall–Kier alpha value is -3.79. The molecule has 1 N–H and O–H groups in total. The number of nitrogens with one attached hydrogen (secondary N) is 1. The molecule has 1 saturated heterocycles. The van der Waals surface area contributed by atoms with E-state index in [0.29, 0.717) is 29.8 Å². The fourth-order valence-electron chi connectivity index (χ4n) is 3.61. The van der Waals surface area contributed by atoms with Crippen LogP contribution in [0.3, 0.4) is 0 Å². The molecule has 32 heavy (non-hydrogen) atoms. The molecule has 0 bridgehead atoms. The number of imidazole rings is 1. The van der Waals surface area contributed by atoms with E-state index in [-0.39, 0.29) is 12.0 Å². The summed E-state index contributed by atoms with van der Waals surface area (Å²) in [6.45, 7) is 3.01. The number of amides is 1. The molecule has 0 unspecified atom stereocenters. The molecule has 162 valence electrons. The summed E-state index contributed by atoms with van der Waals surface area (Å²) in [5, 5.41) is 7.44. The molecule has 1 aliphatic rings. The van der Waals surface area contributed by atoms with Crippen LogP contribution in [0.4, 0.5) is 10.5 Å². The summed E-state index contributed by atoms with van der Waals surface area (Å²) in [6.07, 6.45) is 3.33. The number of methoxy groups -OCH3 is 1. The second kappa shape index (κ2) is 8.04. The first-order valence-electron chi connectivity index (χ1n) is 10.0. The van der Waals surface area contributed by atoms with Crippen LogP contribution in [0, 0.1) is 6.92 Å². The molecule has 0 aliphatic carbocycles. The van der Waals surface area contributed by atoms with Gasteiger partial charge in [-0.25, -0.2) is 9.78 Å². The summed E-state index contributed by atoms with van der Waals surface area (Å²) >= 11 is 5.64. The van der Waals surface area contributed by atoms with E-state index in [1.165, 1.54) is 7.11 Å². The molecule has 3 aromatic heterocycles. The van der Waals surface area contributed by atoms with Crippen molar-refractivity contribution < 1.29 is 14.1 Å². The van der Waals surface area contributed by atoms with Crippen molar-refractivity contribution in [3.05, 3.63) is 65.9 Å². The first-order chi connectivity index (χ1) is 15.5. The molecule has 1 fully saturated rings. The lowest BCUT2D eigenvalue weighted by Gasteiger charge is -2.35. The molecular weight excluding hydrogens is 428 g/mol. The third-order valence-corrected chi connectivity index (χ3v) is 5.81. The van der Waals surface area contributed by atoms with Gasteiger partial charge in [0.25, 0.3) is 0 Å². The zero-order valence-corrected chi connectivity index (χ0v) is 18.3. The van der Waals surface area contributed by atoms with E-state index < -0.39 is 0 Å². The summed E-state index contributed by atoms with van der Waals surface area (Å²) < 4.78 is 12.1. The fourth-order valence-corrected chi connectivity index (χ4v) is 3.87. The minimum atomic E-state index is -0.350. The first kappa shape index (κ1) is 20.1. The third-order valence-electron chi connectivity index (χ3n) is 5.50. The quantitative estimate of drug-likeness (QED) is 0.473. The minimum absolute atomic E-state index is 0.0149. The van der Waals surface area contributed by atoms with Gasteiger partial charge in [-0.3, -0.25) is 4.40 Å². The predicted molar refractivity (Wildman–Crippen MR) is 122 cm³/mol. The van der Waals surface area contributed by atoms with Crippen LogP contribution < -0.4 is 5.32 Å². The summed E-state index contributed by atoms with van der Waals surface area (Å²) in [5.74, 6) is 1.01. The predicted octanol–water partition coefficient (Wildman–Crippen LogP) is 3.65. The van der Waals surface area contributed by atoms with Gasteiger partial charge in [-0.15, -0.1) is 0 Å². The van der Waals surface area contributed by atoms with Crippen molar-refractivity contribution in [2.24, 2.45) is 0 Å². The van der Waals surface area contributed by atoms with Crippen LogP contribution >= 0.6 is 12.2 Å². The molecule has 10 heteroatoms. The average molecular weight is 449 g/mol. The van der Waals surface area contributed by atoms with Gasteiger partial charge in [0.1, 0.15) is 16.3 Å². The fraction of sp³-hybridized carbons (Fsp3) is 0.227. The number of likely N-dealkylation sites (tertiary alicyclic amines) is 1. The van der Waals surface area contributed by atoms with Crippen LogP contribution in [0.15, 0.2) is 53.3 Å². The molecule has 0 atom stereocenters. The van der Waals surface area contributed by atoms with Gasteiger partial charge < -0.3 is 19.5 Å². The van der Waals surface area contributed by atoms with E-state index in [2.05, 4.69) is 20.4 Å². The second-order valence-corrected chi connectivity index (χ2v) is 7.99. The van der Waals surface area contributed by atoms with E-state index in [9.17, 15) is 4.79 Å². The van der Waals surface area contributed by atoms with E-state index in [0.717, 1.165) is 28.2 Å². The number of pyridine rings is 1. The Bertz CT molecular complexity index is 1320. The number of carbonyl (C=O) groups excluding carboxylic acids is 1. The number of hydrogen-bond donors (Lipinski definition) is 1. The van der Waals surface area contributed by atoms with Crippen molar-refractivity contribution in [3.8, 4) is 11.4 Å². The molecule has 9 nitrogen and oxygen atoms in total. The Morgan fingerprint density at radius 3 is 2.94 bits per heavy atom. The van der Waals surface area contributed by atoms with Crippen molar-refractivity contribution in [3.63, 3.8) is 0 Å². The SMILES string of the molecule is COC(=O)N1CC(c2nc(-c3ccc(C)c(NC(=S)c4cnc5ccccn45)c3)no2)C1. The minimum Gasteiger partial charge on any atom is -0.453 e. The van der Waals surface area contributed by atoms with Crippen LogP contribution in [-0.2, 0) is 4.74 Å². The maximum absolute atomic E-state index is 11.5. The zero-order chi connectivity index (χ0) is 22.2. The Kier molecular flexibility index (Phi) is 5.06. The van der Waals surface area contributed by atoms with Crippen molar-refractivity contribution in [1.29, 1.82) is 0 Å². The number of hydrogen-bond acceptors (Lipinski definition) is 7. The molecule has 0 saturated carbocycles. The maximum Gasteiger partial charge on any atom is 0.409 e. The molecule has 4 heterocycles. The normalized spacial score (nSPS) is 13.8. The largest absolute Gasteiger partial charge is 0.453 e. The Morgan fingerprint density at radius 1 is 1.28 bits per heavy atom. The molecule has 0 radical (unpaired) electrons. The summed E-state index contributed by atoms with van der Waals surface area (Å²) in [4.78, 5) is 22.6. The van der Waals surface area contributed by atoms with Gasteiger partial charge in [-0.05, 0) is 30.7 Å². The number of ether oxygens (including phenoxy) is 1. The van der Waals surface area contributed by atoms with E-state index in [4.69, 9.17) is 21.5 Å². The lowest BCUT2D eigenvalue weighted by molar-refractivity contribution is 0.0804. The molecule has 1 amide bonds.